The van der Waals surface area contributed by atoms with Crippen LogP contribution < -0.4 is 10.0 Å². The molecule has 1 rings (SSSR count). The number of thiophene rings is 1. The molecule has 0 aromatic carbocycles. The molecule has 1 aromatic heterocycles. The second-order valence-electron chi connectivity index (χ2n) is 3.64. The van der Waals surface area contributed by atoms with Crippen molar-refractivity contribution in [2.45, 2.75) is 24.5 Å². The van der Waals surface area contributed by atoms with Gasteiger partial charge in [0.1, 0.15) is 0 Å². The van der Waals surface area contributed by atoms with Crippen LogP contribution in [0.3, 0.4) is 0 Å². The zero-order valence-corrected chi connectivity index (χ0v) is 11.8. The van der Waals surface area contributed by atoms with Gasteiger partial charge in [0.25, 0.3) is 0 Å². The number of methoxy groups -OCH3 is 1. The van der Waals surface area contributed by atoms with E-state index >= 15 is 0 Å². The van der Waals surface area contributed by atoms with Crippen LogP contribution in [-0.4, -0.2) is 35.2 Å². The van der Waals surface area contributed by atoms with Crippen LogP contribution in [0.15, 0.2) is 16.3 Å². The number of rotatable bonds is 7. The molecule has 1 unspecified atom stereocenters. The van der Waals surface area contributed by atoms with Crippen LogP contribution in [0.4, 0.5) is 0 Å². The van der Waals surface area contributed by atoms with Gasteiger partial charge in [0.05, 0.1) is 11.0 Å². The molecule has 7 heteroatoms. The molecule has 1 aromatic rings. The number of ether oxygens (including phenoxy) is 1. The molecule has 0 spiro atoms. The van der Waals surface area contributed by atoms with Gasteiger partial charge in [0.15, 0.2) is 0 Å². The van der Waals surface area contributed by atoms with E-state index in [2.05, 4.69) is 10.0 Å². The Bertz CT molecular complexity index is 442. The van der Waals surface area contributed by atoms with E-state index in [1.165, 1.54) is 11.3 Å². The van der Waals surface area contributed by atoms with E-state index in [1.54, 1.807) is 25.6 Å². The second kappa shape index (κ2) is 6.46. The molecule has 17 heavy (non-hydrogen) atoms. The first kappa shape index (κ1) is 14.6. The SMILES string of the molecule is CNCc1sccc1S(=O)(=O)NCC(C)OC. The quantitative estimate of drug-likeness (QED) is 0.773. The van der Waals surface area contributed by atoms with Crippen molar-refractivity contribution in [1.82, 2.24) is 10.0 Å². The van der Waals surface area contributed by atoms with Crippen molar-refractivity contribution in [3.63, 3.8) is 0 Å². The highest BCUT2D eigenvalue weighted by molar-refractivity contribution is 7.89. The van der Waals surface area contributed by atoms with E-state index < -0.39 is 10.0 Å². The first-order valence-electron chi connectivity index (χ1n) is 5.24. The Labute approximate surface area is 106 Å². The normalized spacial score (nSPS) is 13.8. The summed E-state index contributed by atoms with van der Waals surface area (Å²) in [5.41, 5.74) is 0. The van der Waals surface area contributed by atoms with Crippen LogP contribution in [0.5, 0.6) is 0 Å². The predicted octanol–water partition coefficient (Wildman–Crippen LogP) is 0.781. The van der Waals surface area contributed by atoms with Crippen LogP contribution in [0.1, 0.15) is 11.8 Å². The molecule has 98 valence electrons. The monoisotopic (exact) mass is 278 g/mol. The highest BCUT2D eigenvalue weighted by atomic mass is 32.2. The summed E-state index contributed by atoms with van der Waals surface area (Å²) in [6.45, 7) is 2.63. The first-order valence-corrected chi connectivity index (χ1v) is 7.61. The summed E-state index contributed by atoms with van der Waals surface area (Å²) in [5.74, 6) is 0. The Morgan fingerprint density at radius 2 is 2.24 bits per heavy atom. The molecule has 2 N–H and O–H groups in total. The molecule has 5 nitrogen and oxygen atoms in total. The number of hydrogen-bond donors (Lipinski definition) is 2. The Balaban J connectivity index is 2.78. The fraction of sp³-hybridized carbons (Fsp3) is 0.600. The molecule has 0 amide bonds. The highest BCUT2D eigenvalue weighted by Crippen LogP contribution is 2.21. The van der Waals surface area contributed by atoms with Gasteiger partial charge < -0.3 is 10.1 Å². The Hall–Kier alpha value is -0.470. The lowest BCUT2D eigenvalue weighted by Crippen LogP contribution is -2.32. The third kappa shape index (κ3) is 4.04. The maximum absolute atomic E-state index is 12.0. The Morgan fingerprint density at radius 1 is 1.53 bits per heavy atom. The van der Waals surface area contributed by atoms with Gasteiger partial charge in [-0.3, -0.25) is 0 Å². The standard InChI is InChI=1S/C10H18N2O3S2/c1-8(15-3)6-12-17(13,14)10-4-5-16-9(10)7-11-2/h4-5,8,11-12H,6-7H2,1-3H3. The topological polar surface area (TPSA) is 67.4 Å². The van der Waals surface area contributed by atoms with Crippen molar-refractivity contribution in [3.8, 4) is 0 Å². The molecule has 0 saturated heterocycles. The average molecular weight is 278 g/mol. The summed E-state index contributed by atoms with van der Waals surface area (Å²) in [7, 11) is -0.0947. The minimum atomic E-state index is -3.43. The van der Waals surface area contributed by atoms with E-state index in [0.717, 1.165) is 4.88 Å². The highest BCUT2D eigenvalue weighted by Gasteiger charge is 2.19. The molecule has 0 aliphatic rings. The number of hydrogen-bond acceptors (Lipinski definition) is 5. The molecular weight excluding hydrogens is 260 g/mol. The molecule has 0 aliphatic carbocycles. The van der Waals surface area contributed by atoms with Crippen molar-refractivity contribution >= 4 is 21.4 Å². The zero-order chi connectivity index (χ0) is 12.9. The maximum Gasteiger partial charge on any atom is 0.241 e. The van der Waals surface area contributed by atoms with Crippen molar-refractivity contribution < 1.29 is 13.2 Å². The van der Waals surface area contributed by atoms with Crippen molar-refractivity contribution in [3.05, 3.63) is 16.3 Å². The van der Waals surface area contributed by atoms with Crippen LogP contribution in [-0.2, 0) is 21.3 Å². The lowest BCUT2D eigenvalue weighted by Gasteiger charge is -2.11. The fourth-order valence-electron chi connectivity index (χ4n) is 1.25. The molecule has 0 bridgehead atoms. The molecular formula is C10H18N2O3S2. The summed E-state index contributed by atoms with van der Waals surface area (Å²) in [4.78, 5) is 1.16. The summed E-state index contributed by atoms with van der Waals surface area (Å²) >= 11 is 1.43. The summed E-state index contributed by atoms with van der Waals surface area (Å²) in [5, 5.41) is 4.73. The average Bonchev–Trinajstić information content (AvgIpc) is 2.75. The third-order valence-corrected chi connectivity index (χ3v) is 4.85. The van der Waals surface area contributed by atoms with Crippen molar-refractivity contribution in [2.24, 2.45) is 0 Å². The molecule has 1 atom stereocenters. The molecule has 0 aliphatic heterocycles. The Kier molecular flexibility index (Phi) is 5.54. The lowest BCUT2D eigenvalue weighted by atomic mass is 10.4. The molecule has 0 saturated carbocycles. The van der Waals surface area contributed by atoms with Crippen molar-refractivity contribution in [2.75, 3.05) is 20.7 Å². The molecule has 1 heterocycles. The maximum atomic E-state index is 12.0. The number of nitrogens with one attached hydrogen (secondary N) is 2. The summed E-state index contributed by atoms with van der Waals surface area (Å²) < 4.78 is 31.6. The summed E-state index contributed by atoms with van der Waals surface area (Å²) in [6, 6.07) is 1.62. The third-order valence-electron chi connectivity index (χ3n) is 2.29. The molecule has 0 fully saturated rings. The van der Waals surface area contributed by atoms with Gasteiger partial charge in [-0.1, -0.05) is 0 Å². The van der Waals surface area contributed by atoms with Gasteiger partial charge >= 0.3 is 0 Å². The van der Waals surface area contributed by atoms with E-state index in [9.17, 15) is 8.42 Å². The van der Waals surface area contributed by atoms with Crippen LogP contribution in [0.2, 0.25) is 0 Å². The smallest absolute Gasteiger partial charge is 0.241 e. The van der Waals surface area contributed by atoms with E-state index in [-0.39, 0.29) is 12.6 Å². The van der Waals surface area contributed by atoms with Gasteiger partial charge in [0.2, 0.25) is 10.0 Å². The van der Waals surface area contributed by atoms with Crippen LogP contribution in [0.25, 0.3) is 0 Å². The minimum absolute atomic E-state index is 0.142. The predicted molar refractivity (Wildman–Crippen MR) is 68.7 cm³/mol. The van der Waals surface area contributed by atoms with E-state index in [0.29, 0.717) is 11.4 Å². The zero-order valence-electron chi connectivity index (χ0n) is 10.2. The lowest BCUT2D eigenvalue weighted by molar-refractivity contribution is 0.122. The van der Waals surface area contributed by atoms with Gasteiger partial charge in [-0.25, -0.2) is 13.1 Å². The van der Waals surface area contributed by atoms with E-state index in [1.807, 2.05) is 6.92 Å². The van der Waals surface area contributed by atoms with Crippen LogP contribution in [0, 0.1) is 0 Å². The fourth-order valence-corrected chi connectivity index (χ4v) is 3.81. The van der Waals surface area contributed by atoms with E-state index in [4.69, 9.17) is 4.74 Å². The second-order valence-corrected chi connectivity index (χ2v) is 6.37. The molecule has 0 radical (unpaired) electrons. The largest absolute Gasteiger partial charge is 0.380 e. The number of sulfonamides is 1. The Morgan fingerprint density at radius 3 is 2.82 bits per heavy atom. The van der Waals surface area contributed by atoms with Gasteiger partial charge in [-0.2, -0.15) is 0 Å². The summed E-state index contributed by atoms with van der Waals surface area (Å²) in [6.07, 6.45) is -0.142. The van der Waals surface area contributed by atoms with Gasteiger partial charge in [0, 0.05) is 25.1 Å². The first-order chi connectivity index (χ1) is 8.01. The minimum Gasteiger partial charge on any atom is -0.380 e. The van der Waals surface area contributed by atoms with Crippen molar-refractivity contribution in [1.29, 1.82) is 0 Å². The van der Waals surface area contributed by atoms with Gasteiger partial charge in [-0.15, -0.1) is 11.3 Å². The van der Waals surface area contributed by atoms with Gasteiger partial charge in [-0.05, 0) is 25.4 Å². The van der Waals surface area contributed by atoms with Crippen LogP contribution >= 0.6 is 11.3 Å².